The van der Waals surface area contributed by atoms with Crippen LogP contribution in [0.3, 0.4) is 0 Å². The summed E-state index contributed by atoms with van der Waals surface area (Å²) in [7, 11) is 1.29. The highest BCUT2D eigenvalue weighted by Crippen LogP contribution is 2.60. The number of nitrogens with one attached hydrogen (secondary N) is 2. The summed E-state index contributed by atoms with van der Waals surface area (Å²) in [5.74, 6) is -3.17. The molecule has 2 aliphatic carbocycles. The molecule has 0 radical (unpaired) electrons. The number of halogens is 3. The van der Waals surface area contributed by atoms with Gasteiger partial charge in [-0.25, -0.2) is 4.79 Å². The summed E-state index contributed by atoms with van der Waals surface area (Å²) in [4.78, 5) is 56.8. The third kappa shape index (κ3) is 7.51. The molecule has 2 N–H and O–H groups in total. The van der Waals surface area contributed by atoms with Crippen LogP contribution in [-0.2, 0) is 30.3 Å². The lowest BCUT2D eigenvalue weighted by molar-refractivity contribution is -0.205. The highest BCUT2D eigenvalue weighted by molar-refractivity contribution is 5.95. The van der Waals surface area contributed by atoms with Gasteiger partial charge in [0.1, 0.15) is 5.41 Å². The summed E-state index contributed by atoms with van der Waals surface area (Å²) in [6.07, 6.45) is 3.30. The van der Waals surface area contributed by atoms with Crippen LogP contribution < -0.4 is 5.32 Å². The van der Waals surface area contributed by atoms with Crippen molar-refractivity contribution in [1.29, 1.82) is 5.41 Å². The van der Waals surface area contributed by atoms with Crippen molar-refractivity contribution in [3.05, 3.63) is 88.7 Å². The average Bonchev–Trinajstić information content (AvgIpc) is 3.77. The Labute approximate surface area is 333 Å². The Morgan fingerprint density at radius 1 is 0.983 bits per heavy atom. The van der Waals surface area contributed by atoms with E-state index in [0.29, 0.717) is 37.0 Å². The highest BCUT2D eigenvalue weighted by atomic mass is 19.4. The first-order valence-corrected chi connectivity index (χ1v) is 19.7. The highest BCUT2D eigenvalue weighted by Gasteiger charge is 2.71. The van der Waals surface area contributed by atoms with Gasteiger partial charge in [0.05, 0.1) is 68.9 Å². The van der Waals surface area contributed by atoms with Crippen molar-refractivity contribution in [2.45, 2.75) is 63.4 Å². The van der Waals surface area contributed by atoms with Gasteiger partial charge in [0.15, 0.2) is 0 Å². The van der Waals surface area contributed by atoms with Gasteiger partial charge in [-0.2, -0.15) is 18.3 Å². The minimum absolute atomic E-state index is 0.0240. The molecule has 2 bridgehead atoms. The summed E-state index contributed by atoms with van der Waals surface area (Å²) < 4.78 is 60.8. The number of aromatic nitrogens is 2. The number of fused-ring (bicyclic) bond motifs is 3. The molecule has 6 aliphatic rings. The fourth-order valence-electron chi connectivity index (χ4n) is 9.21. The largest absolute Gasteiger partial charge is 0.465 e. The maximum absolute atomic E-state index is 14.5. The molecule has 4 saturated heterocycles. The molecular weight excluding hydrogens is 757 g/mol. The van der Waals surface area contributed by atoms with E-state index in [1.807, 2.05) is 24.3 Å². The van der Waals surface area contributed by atoms with Crippen LogP contribution in [0.1, 0.15) is 82.0 Å². The predicted molar refractivity (Wildman–Crippen MR) is 202 cm³/mol. The van der Waals surface area contributed by atoms with Gasteiger partial charge < -0.3 is 34.7 Å². The Kier molecular flexibility index (Phi) is 10.4. The SMILES string of the molecule is COC(=O)c1ccc([C@H](COCC23CCC(CC2)OC3)NC(=O)C2CN(C(=O)c3cnn(Cc4ccc(C=N)cc4)c3)CC23CN(C(=O)C2(C(F)(F)F)CC2)C3)cc1. The quantitative estimate of drug-likeness (QED) is 0.185. The second kappa shape index (κ2) is 15.3. The number of rotatable bonds is 13. The Balaban J connectivity index is 1.02. The second-order valence-electron chi connectivity index (χ2n) is 16.9. The van der Waals surface area contributed by atoms with Crippen molar-refractivity contribution >= 4 is 29.9 Å². The second-order valence-corrected chi connectivity index (χ2v) is 16.9. The number of methoxy groups -OCH3 is 1. The van der Waals surface area contributed by atoms with Gasteiger partial charge in [0.2, 0.25) is 11.8 Å². The Hall–Kier alpha value is -5.09. The number of ether oxygens (including phenoxy) is 3. The fourth-order valence-corrected chi connectivity index (χ4v) is 9.21. The zero-order chi connectivity index (χ0) is 40.9. The van der Waals surface area contributed by atoms with Crippen molar-refractivity contribution in [3.8, 4) is 0 Å². The van der Waals surface area contributed by atoms with Crippen LogP contribution in [0.25, 0.3) is 0 Å². The zero-order valence-corrected chi connectivity index (χ0v) is 32.3. The molecule has 308 valence electrons. The van der Waals surface area contributed by atoms with Gasteiger partial charge in [-0.1, -0.05) is 36.4 Å². The molecule has 16 heteroatoms. The summed E-state index contributed by atoms with van der Waals surface area (Å²) in [6.45, 7) is 1.34. The van der Waals surface area contributed by atoms with Gasteiger partial charge in [-0.15, -0.1) is 0 Å². The number of hydrogen-bond donors (Lipinski definition) is 2. The molecule has 1 unspecified atom stereocenters. The number of carbonyl (C=O) groups is 4. The number of benzene rings is 2. The third-order valence-corrected chi connectivity index (χ3v) is 13.0. The van der Waals surface area contributed by atoms with E-state index < -0.39 is 46.7 Å². The van der Waals surface area contributed by atoms with E-state index in [2.05, 4.69) is 10.4 Å². The number of esters is 1. The van der Waals surface area contributed by atoms with Gasteiger partial charge in [-0.3, -0.25) is 19.1 Å². The summed E-state index contributed by atoms with van der Waals surface area (Å²) in [5.41, 5.74) is -0.555. The number of alkyl halides is 3. The van der Waals surface area contributed by atoms with E-state index >= 15 is 0 Å². The van der Waals surface area contributed by atoms with Crippen LogP contribution in [-0.4, -0.2) is 115 Å². The standard InChI is InChI=1S/C42H47F3N6O7/c1-56-37(54)30-8-6-29(7-9-30)34(21-57-25-39-12-10-32(11-13-39)58-26-39)48-35(52)33-20-49(22-40(33)23-50(24-40)38(55)41(14-15-41)42(43,44)45)36(53)31-17-47-51(19-31)18-28-4-2-27(16-46)3-5-28/h2-9,16-17,19,32-34,46H,10-15,18,20-26H2,1H3,(H,48,52)/t32?,33?,34-,39?/m0/s1. The summed E-state index contributed by atoms with van der Waals surface area (Å²) in [6, 6.07) is 13.3. The minimum Gasteiger partial charge on any atom is -0.465 e. The van der Waals surface area contributed by atoms with Crippen molar-refractivity contribution in [2.24, 2.45) is 22.2 Å². The number of hydrogen-bond acceptors (Lipinski definition) is 9. The van der Waals surface area contributed by atoms with E-state index in [4.69, 9.17) is 19.6 Å². The molecule has 4 aliphatic heterocycles. The smallest absolute Gasteiger partial charge is 0.403 e. The Bertz CT molecular complexity index is 2040. The molecule has 3 aromatic rings. The molecule has 1 aromatic heterocycles. The zero-order valence-electron chi connectivity index (χ0n) is 32.3. The van der Waals surface area contributed by atoms with Gasteiger partial charge in [0.25, 0.3) is 5.91 Å². The molecule has 2 aromatic carbocycles. The van der Waals surface area contributed by atoms with Crippen molar-refractivity contribution in [2.75, 3.05) is 53.1 Å². The van der Waals surface area contributed by atoms with Crippen LogP contribution in [0.4, 0.5) is 13.2 Å². The topological polar surface area (TPSA) is 156 Å². The van der Waals surface area contributed by atoms with E-state index in [0.717, 1.165) is 36.8 Å². The van der Waals surface area contributed by atoms with Gasteiger partial charge in [0, 0.05) is 49.4 Å². The predicted octanol–water partition coefficient (Wildman–Crippen LogP) is 4.79. The van der Waals surface area contributed by atoms with E-state index in [-0.39, 0.29) is 62.5 Å². The number of carbonyl (C=O) groups excluding carboxylic acids is 4. The van der Waals surface area contributed by atoms with Crippen LogP contribution in [0.5, 0.6) is 0 Å². The Morgan fingerprint density at radius 2 is 1.67 bits per heavy atom. The van der Waals surface area contributed by atoms with E-state index in [1.54, 1.807) is 35.1 Å². The molecule has 1 spiro atoms. The van der Waals surface area contributed by atoms with Crippen molar-refractivity contribution in [3.63, 3.8) is 0 Å². The molecule has 6 fully saturated rings. The lowest BCUT2D eigenvalue weighted by Gasteiger charge is -2.51. The molecule has 9 rings (SSSR count). The fraction of sp³-hybridized carbons (Fsp3) is 0.524. The summed E-state index contributed by atoms with van der Waals surface area (Å²) >= 11 is 0. The minimum atomic E-state index is -4.68. The lowest BCUT2D eigenvalue weighted by Crippen LogP contribution is -2.66. The molecule has 13 nitrogen and oxygen atoms in total. The monoisotopic (exact) mass is 804 g/mol. The number of amides is 3. The molecule has 3 amide bonds. The van der Waals surface area contributed by atoms with E-state index in [9.17, 15) is 32.3 Å². The van der Waals surface area contributed by atoms with Crippen molar-refractivity contribution in [1.82, 2.24) is 24.9 Å². The first-order valence-electron chi connectivity index (χ1n) is 19.7. The normalized spacial score (nSPS) is 24.6. The summed E-state index contributed by atoms with van der Waals surface area (Å²) in [5, 5.41) is 14.9. The molecule has 5 heterocycles. The first-order chi connectivity index (χ1) is 27.8. The first kappa shape index (κ1) is 39.7. The van der Waals surface area contributed by atoms with Gasteiger partial charge in [-0.05, 0) is 67.3 Å². The van der Waals surface area contributed by atoms with Crippen LogP contribution >= 0.6 is 0 Å². The Morgan fingerprint density at radius 3 is 2.28 bits per heavy atom. The molecular formula is C42H47F3N6O7. The van der Waals surface area contributed by atoms with E-state index in [1.165, 1.54) is 29.3 Å². The number of nitrogens with zero attached hydrogens (tertiary/aromatic N) is 4. The molecule has 2 atom stereocenters. The molecule has 2 saturated carbocycles. The van der Waals surface area contributed by atoms with Gasteiger partial charge >= 0.3 is 12.1 Å². The number of likely N-dealkylation sites (tertiary alicyclic amines) is 2. The maximum atomic E-state index is 14.5. The molecule has 58 heavy (non-hydrogen) atoms. The van der Waals surface area contributed by atoms with Crippen molar-refractivity contribution < 1.29 is 46.6 Å². The lowest BCUT2D eigenvalue weighted by atomic mass is 9.70. The van der Waals surface area contributed by atoms with Crippen LogP contribution in [0, 0.1) is 27.6 Å². The third-order valence-electron chi connectivity index (χ3n) is 13.0. The van der Waals surface area contributed by atoms with Crippen LogP contribution in [0.15, 0.2) is 60.9 Å². The average molecular weight is 805 g/mol. The van der Waals surface area contributed by atoms with Crippen LogP contribution in [0.2, 0.25) is 0 Å². The maximum Gasteiger partial charge on any atom is 0.403 e.